The van der Waals surface area contributed by atoms with Gasteiger partial charge in [0.15, 0.2) is 11.2 Å². The van der Waals surface area contributed by atoms with Crippen LogP contribution >= 0.6 is 11.3 Å². The Hall–Kier alpha value is -2.99. The van der Waals surface area contributed by atoms with Gasteiger partial charge in [-0.1, -0.05) is 36.4 Å². The van der Waals surface area contributed by atoms with Gasteiger partial charge in [-0.2, -0.15) is 0 Å². The molecule has 0 aliphatic rings. The number of ether oxygens (including phenoxy) is 1. The van der Waals surface area contributed by atoms with Crippen molar-refractivity contribution in [2.24, 2.45) is 0 Å². The molecule has 0 saturated heterocycles. The molecule has 0 fully saturated rings. The van der Waals surface area contributed by atoms with E-state index in [4.69, 9.17) is 4.74 Å². The number of nitrogens with zero attached hydrogens (tertiary/aromatic N) is 2. The number of hydrogen-bond acceptors (Lipinski definition) is 5. The number of fused-ring (bicyclic) bond motifs is 2. The molecule has 0 saturated carbocycles. The number of carbonyl (C=O) groups excluding carboxylic acids is 2. The summed E-state index contributed by atoms with van der Waals surface area (Å²) in [5, 5.41) is 2.24. The van der Waals surface area contributed by atoms with Gasteiger partial charge in [-0.3, -0.25) is 14.0 Å². The van der Waals surface area contributed by atoms with E-state index in [2.05, 4.69) is 4.98 Å². The van der Waals surface area contributed by atoms with Gasteiger partial charge in [0.25, 0.3) is 0 Å². The Labute approximate surface area is 153 Å². The lowest BCUT2D eigenvalue weighted by Gasteiger charge is -2.02. The van der Waals surface area contributed by atoms with Crippen LogP contribution < -0.4 is 0 Å². The molecule has 130 valence electrons. The predicted molar refractivity (Wildman–Crippen MR) is 102 cm³/mol. The molecule has 5 nitrogen and oxygen atoms in total. The minimum absolute atomic E-state index is 0.186. The van der Waals surface area contributed by atoms with Crippen molar-refractivity contribution in [3.63, 3.8) is 0 Å². The number of imidazole rings is 1. The normalized spacial score (nSPS) is 11.1. The van der Waals surface area contributed by atoms with Gasteiger partial charge in [0.1, 0.15) is 11.4 Å². The lowest BCUT2D eigenvalue weighted by Crippen LogP contribution is -2.06. The van der Waals surface area contributed by atoms with Gasteiger partial charge in [0.05, 0.1) is 13.0 Å². The van der Waals surface area contributed by atoms with Crippen molar-refractivity contribution in [3.8, 4) is 11.3 Å². The van der Waals surface area contributed by atoms with Crippen molar-refractivity contribution in [3.05, 3.63) is 59.2 Å². The highest BCUT2D eigenvalue weighted by molar-refractivity contribution is 7.17. The minimum Gasteiger partial charge on any atom is -0.466 e. The fourth-order valence-corrected chi connectivity index (χ4v) is 3.97. The van der Waals surface area contributed by atoms with Gasteiger partial charge >= 0.3 is 5.97 Å². The molecule has 0 N–H and O–H groups in total. The Bertz CT molecular complexity index is 1130. The first-order chi connectivity index (χ1) is 12.7. The highest BCUT2D eigenvalue weighted by Crippen LogP contribution is 2.30. The lowest BCUT2D eigenvalue weighted by atomic mass is 10.0. The zero-order valence-electron chi connectivity index (χ0n) is 14.1. The van der Waals surface area contributed by atoms with Crippen LogP contribution in [-0.4, -0.2) is 28.2 Å². The van der Waals surface area contributed by atoms with Crippen LogP contribution in [0.3, 0.4) is 0 Å². The molecule has 0 aliphatic heterocycles. The van der Waals surface area contributed by atoms with Crippen molar-refractivity contribution in [2.75, 3.05) is 6.61 Å². The summed E-state index contributed by atoms with van der Waals surface area (Å²) in [4.78, 5) is 29.5. The van der Waals surface area contributed by atoms with E-state index in [1.54, 1.807) is 17.5 Å². The summed E-state index contributed by atoms with van der Waals surface area (Å²) in [7, 11) is 0. The smallest absolute Gasteiger partial charge is 0.311 e. The summed E-state index contributed by atoms with van der Waals surface area (Å²) < 4.78 is 6.72. The van der Waals surface area contributed by atoms with Crippen molar-refractivity contribution in [1.29, 1.82) is 0 Å². The van der Waals surface area contributed by atoms with Crippen molar-refractivity contribution >= 4 is 39.3 Å². The number of hydrogen-bond donors (Lipinski definition) is 0. The number of carbonyl (C=O) groups is 2. The molecule has 2 aromatic heterocycles. The highest BCUT2D eigenvalue weighted by atomic mass is 32.1. The van der Waals surface area contributed by atoms with Crippen molar-refractivity contribution in [2.45, 2.75) is 13.3 Å². The summed E-state index contributed by atoms with van der Waals surface area (Å²) >= 11 is 1.39. The molecule has 0 atom stereocenters. The summed E-state index contributed by atoms with van der Waals surface area (Å²) in [5.74, 6) is -0.278. The van der Waals surface area contributed by atoms with E-state index < -0.39 is 0 Å². The van der Waals surface area contributed by atoms with Gasteiger partial charge in [-0.15, -0.1) is 11.3 Å². The van der Waals surface area contributed by atoms with Gasteiger partial charge in [0.2, 0.25) is 0 Å². The first kappa shape index (κ1) is 16.5. The van der Waals surface area contributed by atoms with Crippen LogP contribution in [0.2, 0.25) is 0 Å². The molecule has 0 amide bonds. The molecule has 26 heavy (non-hydrogen) atoms. The molecule has 0 spiro atoms. The van der Waals surface area contributed by atoms with Crippen LogP contribution in [-0.2, 0) is 16.0 Å². The summed E-state index contributed by atoms with van der Waals surface area (Å²) in [6, 6.07) is 14.1. The summed E-state index contributed by atoms with van der Waals surface area (Å²) in [6.07, 6.45) is 2.79. The monoisotopic (exact) mass is 364 g/mol. The third kappa shape index (κ3) is 2.88. The maximum Gasteiger partial charge on any atom is 0.311 e. The maximum absolute atomic E-state index is 11.7. The van der Waals surface area contributed by atoms with Gasteiger partial charge in [-0.05, 0) is 23.8 Å². The zero-order chi connectivity index (χ0) is 18.1. The number of benzene rings is 2. The Morgan fingerprint density at radius 2 is 2.04 bits per heavy atom. The molecular formula is C20H16N2O3S. The molecule has 0 aliphatic carbocycles. The molecule has 0 bridgehead atoms. The first-order valence-corrected chi connectivity index (χ1v) is 9.12. The Balaban J connectivity index is 1.76. The number of esters is 1. The minimum atomic E-state index is -0.278. The van der Waals surface area contributed by atoms with E-state index >= 15 is 0 Å². The van der Waals surface area contributed by atoms with E-state index in [0.29, 0.717) is 23.0 Å². The third-order valence-corrected chi connectivity index (χ3v) is 5.15. The molecule has 4 rings (SSSR count). The summed E-state index contributed by atoms with van der Waals surface area (Å²) in [5.41, 5.74) is 2.04. The van der Waals surface area contributed by atoms with Crippen LogP contribution in [0.4, 0.5) is 0 Å². The number of rotatable bonds is 5. The third-order valence-electron chi connectivity index (χ3n) is 4.17. The molecule has 0 unspecified atom stereocenters. The van der Waals surface area contributed by atoms with E-state index in [-0.39, 0.29) is 12.4 Å². The second-order valence-corrected chi connectivity index (χ2v) is 6.95. The van der Waals surface area contributed by atoms with Crippen LogP contribution in [0.25, 0.3) is 27.0 Å². The van der Waals surface area contributed by atoms with Crippen molar-refractivity contribution in [1.82, 2.24) is 9.38 Å². The summed E-state index contributed by atoms with van der Waals surface area (Å²) in [6.45, 7) is 2.13. The second-order valence-electron chi connectivity index (χ2n) is 5.86. The molecule has 4 aromatic rings. The second kappa shape index (κ2) is 6.72. The maximum atomic E-state index is 11.7. The average Bonchev–Trinajstić information content (AvgIpc) is 3.18. The average molecular weight is 364 g/mol. The van der Waals surface area contributed by atoms with Crippen LogP contribution in [0.5, 0.6) is 0 Å². The molecule has 0 radical (unpaired) electrons. The van der Waals surface area contributed by atoms with Crippen LogP contribution in [0.15, 0.2) is 48.7 Å². The molecular weight excluding hydrogens is 348 g/mol. The zero-order valence-corrected chi connectivity index (χ0v) is 15.0. The van der Waals surface area contributed by atoms with Gasteiger partial charge in [0, 0.05) is 16.6 Å². The molecule has 2 aromatic carbocycles. The van der Waals surface area contributed by atoms with E-state index in [0.717, 1.165) is 27.5 Å². The van der Waals surface area contributed by atoms with Crippen LogP contribution in [0, 0.1) is 0 Å². The molecule has 6 heteroatoms. The van der Waals surface area contributed by atoms with E-state index in [1.165, 1.54) is 11.3 Å². The quantitative estimate of drug-likeness (QED) is 0.394. The Morgan fingerprint density at radius 1 is 1.23 bits per heavy atom. The highest BCUT2D eigenvalue weighted by Gasteiger charge is 2.17. The first-order valence-electron chi connectivity index (χ1n) is 8.30. The number of thiazole rings is 1. The van der Waals surface area contributed by atoms with Crippen LogP contribution in [0.1, 0.15) is 22.3 Å². The number of aromatic nitrogens is 2. The van der Waals surface area contributed by atoms with E-state index in [1.807, 2.05) is 42.5 Å². The number of aldehydes is 1. The largest absolute Gasteiger partial charge is 0.466 e. The SMILES string of the molecule is CCOC(=O)Cc1cn2c(C=O)c(-c3ccc4ccccc4c3)nc2s1. The Morgan fingerprint density at radius 3 is 2.81 bits per heavy atom. The molecule has 2 heterocycles. The predicted octanol–water partition coefficient (Wildman–Crippen LogP) is 4.13. The van der Waals surface area contributed by atoms with E-state index in [9.17, 15) is 9.59 Å². The van der Waals surface area contributed by atoms with Crippen molar-refractivity contribution < 1.29 is 14.3 Å². The Kier molecular flexibility index (Phi) is 4.26. The van der Waals surface area contributed by atoms with Gasteiger partial charge < -0.3 is 4.74 Å². The fourth-order valence-electron chi connectivity index (χ4n) is 3.01. The van der Waals surface area contributed by atoms with Gasteiger partial charge in [-0.25, -0.2) is 4.98 Å². The fraction of sp³-hybridized carbons (Fsp3) is 0.150. The standard InChI is InChI=1S/C20H16N2O3S/c1-2-25-18(24)10-16-11-22-17(12-23)19(21-20(22)26-16)15-8-7-13-5-3-4-6-14(13)9-15/h3-9,11-12H,2,10H2,1H3. The lowest BCUT2D eigenvalue weighted by molar-refractivity contribution is -0.142. The topological polar surface area (TPSA) is 60.7 Å².